The molecule has 2 aromatic heterocycles. The highest BCUT2D eigenvalue weighted by Crippen LogP contribution is 2.35. The van der Waals surface area contributed by atoms with Crippen molar-refractivity contribution in [2.45, 2.75) is 9.79 Å². The molecular formula is C28H18N2S2. The lowest BCUT2D eigenvalue weighted by atomic mass is 10.0. The van der Waals surface area contributed by atoms with E-state index in [1.165, 1.54) is 0 Å². The molecule has 0 saturated heterocycles. The second-order valence-electron chi connectivity index (χ2n) is 7.80. The molecular weight excluding hydrogens is 428 g/mol. The zero-order valence-corrected chi connectivity index (χ0v) is 18.8. The van der Waals surface area contributed by atoms with Crippen LogP contribution in [0.2, 0.25) is 0 Å². The number of hydrogen-bond donors (Lipinski definition) is 2. The van der Waals surface area contributed by atoms with E-state index in [0.717, 1.165) is 64.9 Å². The summed E-state index contributed by atoms with van der Waals surface area (Å²) in [7, 11) is 0. The number of rotatable bonds is 2. The van der Waals surface area contributed by atoms with E-state index in [1.807, 2.05) is 36.4 Å². The van der Waals surface area contributed by atoms with Crippen LogP contribution in [-0.4, -0.2) is 9.97 Å². The first-order chi connectivity index (χ1) is 15.7. The van der Waals surface area contributed by atoms with Gasteiger partial charge in [0.25, 0.3) is 0 Å². The fraction of sp³-hybridized carbons (Fsp3) is 0. The molecule has 0 aliphatic carbocycles. The number of fused-ring (bicyclic) bond motifs is 5. The zero-order chi connectivity index (χ0) is 21.7. The quantitative estimate of drug-likeness (QED) is 0.209. The van der Waals surface area contributed by atoms with E-state index in [1.54, 1.807) is 0 Å². The van der Waals surface area contributed by atoms with Crippen LogP contribution >= 0.6 is 25.3 Å². The van der Waals surface area contributed by atoms with Gasteiger partial charge in [-0.2, -0.15) is 0 Å². The highest BCUT2D eigenvalue weighted by Gasteiger charge is 2.12. The molecule has 0 bridgehead atoms. The molecule has 0 unspecified atom stereocenters. The topological polar surface area (TPSA) is 25.8 Å². The van der Waals surface area contributed by atoms with Gasteiger partial charge in [0.15, 0.2) is 0 Å². The Balaban J connectivity index is 1.69. The van der Waals surface area contributed by atoms with Gasteiger partial charge in [-0.1, -0.05) is 72.8 Å². The van der Waals surface area contributed by atoms with Crippen molar-refractivity contribution in [3.8, 4) is 22.5 Å². The first-order valence-electron chi connectivity index (χ1n) is 10.4. The monoisotopic (exact) mass is 446 g/mol. The summed E-state index contributed by atoms with van der Waals surface area (Å²) >= 11 is 9.28. The molecule has 0 aliphatic rings. The smallest absolute Gasteiger partial charge is 0.0809 e. The minimum atomic E-state index is 0.907. The number of hydrogen-bond acceptors (Lipinski definition) is 4. The third kappa shape index (κ3) is 3.15. The van der Waals surface area contributed by atoms with Crippen LogP contribution in [0.4, 0.5) is 0 Å². The normalized spacial score (nSPS) is 11.4. The Morgan fingerprint density at radius 2 is 0.844 bits per heavy atom. The van der Waals surface area contributed by atoms with Crippen LogP contribution in [0.1, 0.15) is 0 Å². The number of nitrogens with zero attached hydrogens (tertiary/aromatic N) is 2. The maximum absolute atomic E-state index is 5.10. The van der Waals surface area contributed by atoms with E-state index in [9.17, 15) is 0 Å². The molecule has 152 valence electrons. The number of pyridine rings is 2. The molecule has 2 nitrogen and oxygen atoms in total. The summed E-state index contributed by atoms with van der Waals surface area (Å²) in [5, 5.41) is 4.37. The molecule has 0 fully saturated rings. The Bertz CT molecular complexity index is 1540. The molecule has 2 heterocycles. The zero-order valence-electron chi connectivity index (χ0n) is 17.0. The lowest BCUT2D eigenvalue weighted by Gasteiger charge is -2.11. The SMILES string of the molecule is Sc1ccccc1-c1ccc2ccc3ccc4ccc(-c5ccccc5S)nc4c3c2n1. The Kier molecular flexibility index (Phi) is 4.63. The highest BCUT2D eigenvalue weighted by molar-refractivity contribution is 7.80. The molecule has 6 aromatic rings. The number of benzene rings is 4. The fourth-order valence-electron chi connectivity index (χ4n) is 4.26. The van der Waals surface area contributed by atoms with Gasteiger partial charge in [0.2, 0.25) is 0 Å². The van der Waals surface area contributed by atoms with Crippen molar-refractivity contribution in [3.05, 3.63) is 97.1 Å². The first-order valence-corrected chi connectivity index (χ1v) is 11.3. The molecule has 4 heteroatoms. The van der Waals surface area contributed by atoms with E-state index in [2.05, 4.69) is 85.9 Å². The van der Waals surface area contributed by atoms with Crippen molar-refractivity contribution in [2.75, 3.05) is 0 Å². The van der Waals surface area contributed by atoms with Gasteiger partial charge < -0.3 is 0 Å². The van der Waals surface area contributed by atoms with Crippen LogP contribution in [0.25, 0.3) is 55.1 Å². The largest absolute Gasteiger partial charge is 0.247 e. The standard InChI is InChI=1S/C28H18N2S2/c31-24-7-3-1-5-20(24)22-15-13-18-11-9-17-10-12-19-14-16-23(21-6-2-4-8-25(21)32)30-28(19)26(17)27(18)29-22/h1-16,31-32H. The van der Waals surface area contributed by atoms with Crippen LogP contribution in [0.3, 0.4) is 0 Å². The van der Waals surface area contributed by atoms with E-state index in [0.29, 0.717) is 0 Å². The third-order valence-corrected chi connectivity index (χ3v) is 6.64. The van der Waals surface area contributed by atoms with Gasteiger partial charge in [-0.05, 0) is 29.7 Å². The predicted octanol–water partition coefficient (Wildman–Crippen LogP) is 7.85. The Morgan fingerprint density at radius 1 is 0.438 bits per heavy atom. The van der Waals surface area contributed by atoms with E-state index in [4.69, 9.17) is 9.97 Å². The molecule has 0 atom stereocenters. The third-order valence-electron chi connectivity index (χ3n) is 5.86. The fourth-order valence-corrected chi connectivity index (χ4v) is 4.81. The van der Waals surface area contributed by atoms with Crippen LogP contribution in [0, 0.1) is 0 Å². The number of aromatic nitrogens is 2. The average molecular weight is 447 g/mol. The van der Waals surface area contributed by atoms with Gasteiger partial charge in [-0.15, -0.1) is 25.3 Å². The van der Waals surface area contributed by atoms with Gasteiger partial charge in [0, 0.05) is 37.1 Å². The second kappa shape index (κ2) is 7.66. The van der Waals surface area contributed by atoms with Crippen molar-refractivity contribution >= 4 is 57.8 Å². The highest BCUT2D eigenvalue weighted by atomic mass is 32.1. The van der Waals surface area contributed by atoms with Crippen LogP contribution < -0.4 is 0 Å². The Morgan fingerprint density at radius 3 is 1.31 bits per heavy atom. The van der Waals surface area contributed by atoms with Crippen molar-refractivity contribution in [1.82, 2.24) is 9.97 Å². The molecule has 0 aliphatic heterocycles. The average Bonchev–Trinajstić information content (AvgIpc) is 2.83. The molecule has 32 heavy (non-hydrogen) atoms. The van der Waals surface area contributed by atoms with E-state index < -0.39 is 0 Å². The van der Waals surface area contributed by atoms with Crippen LogP contribution in [0.5, 0.6) is 0 Å². The summed E-state index contributed by atoms with van der Waals surface area (Å²) in [5.74, 6) is 0. The lowest BCUT2D eigenvalue weighted by Crippen LogP contribution is -1.91. The van der Waals surface area contributed by atoms with E-state index in [-0.39, 0.29) is 0 Å². The van der Waals surface area contributed by atoms with Gasteiger partial charge >= 0.3 is 0 Å². The summed E-state index contributed by atoms with van der Waals surface area (Å²) in [5.41, 5.74) is 5.76. The number of thiol groups is 2. The van der Waals surface area contributed by atoms with Crippen molar-refractivity contribution in [2.24, 2.45) is 0 Å². The summed E-state index contributed by atoms with van der Waals surface area (Å²) in [6.07, 6.45) is 0. The molecule has 0 radical (unpaired) electrons. The Labute approximate surface area is 196 Å². The van der Waals surface area contributed by atoms with Crippen molar-refractivity contribution in [3.63, 3.8) is 0 Å². The van der Waals surface area contributed by atoms with Gasteiger partial charge in [-0.25, -0.2) is 9.97 Å². The first kappa shape index (κ1) is 19.4. The summed E-state index contributed by atoms with van der Waals surface area (Å²) in [4.78, 5) is 12.0. The van der Waals surface area contributed by atoms with Crippen molar-refractivity contribution < 1.29 is 0 Å². The molecule has 0 saturated carbocycles. The maximum Gasteiger partial charge on any atom is 0.0809 e. The molecule has 6 rings (SSSR count). The summed E-state index contributed by atoms with van der Waals surface area (Å²) in [6, 6.07) is 33.0. The lowest BCUT2D eigenvalue weighted by molar-refractivity contribution is 1.35. The minimum absolute atomic E-state index is 0.907. The Hall–Kier alpha value is -3.34. The van der Waals surface area contributed by atoms with Crippen LogP contribution in [0.15, 0.2) is 107 Å². The predicted molar refractivity (Wildman–Crippen MR) is 140 cm³/mol. The van der Waals surface area contributed by atoms with Gasteiger partial charge in [0.1, 0.15) is 0 Å². The van der Waals surface area contributed by atoms with E-state index >= 15 is 0 Å². The van der Waals surface area contributed by atoms with Crippen LogP contribution in [-0.2, 0) is 0 Å². The maximum atomic E-state index is 5.10. The summed E-state index contributed by atoms with van der Waals surface area (Å²) in [6.45, 7) is 0. The van der Waals surface area contributed by atoms with Crippen molar-refractivity contribution in [1.29, 1.82) is 0 Å². The molecule has 4 aromatic carbocycles. The summed E-state index contributed by atoms with van der Waals surface area (Å²) < 4.78 is 0. The molecule has 0 N–H and O–H groups in total. The molecule has 0 spiro atoms. The second-order valence-corrected chi connectivity index (χ2v) is 8.76. The van der Waals surface area contributed by atoms with Gasteiger partial charge in [-0.3, -0.25) is 0 Å². The molecule has 0 amide bonds. The minimum Gasteiger partial charge on any atom is -0.247 e. The van der Waals surface area contributed by atoms with Gasteiger partial charge in [0.05, 0.1) is 22.4 Å².